The van der Waals surface area contributed by atoms with Crippen molar-refractivity contribution in [1.29, 1.82) is 0 Å². The van der Waals surface area contributed by atoms with Crippen LogP contribution >= 0.6 is 11.8 Å². The largest absolute Gasteiger partial charge is 0.493 e. The molecule has 9 heteroatoms. The first kappa shape index (κ1) is 23.7. The van der Waals surface area contributed by atoms with Crippen molar-refractivity contribution in [2.24, 2.45) is 0 Å². The van der Waals surface area contributed by atoms with Crippen molar-refractivity contribution in [2.75, 3.05) is 23.9 Å². The molecule has 0 saturated carbocycles. The topological polar surface area (TPSA) is 108 Å². The molecule has 2 aromatic carbocycles. The Balaban J connectivity index is 2.06. The Labute approximate surface area is 184 Å². The Bertz CT molecular complexity index is 1020. The number of rotatable bonds is 10. The number of nitro benzene ring substituents is 1. The van der Waals surface area contributed by atoms with E-state index in [4.69, 9.17) is 9.47 Å². The number of methoxy groups -OCH3 is 1. The SMILES string of the molecule is C=CCSCC(=O)Oc1ccc(/C=C/C(=O)Nc2cc([N+](=O)[O-])ccc2C)cc1OC. The maximum absolute atomic E-state index is 12.2. The zero-order valence-electron chi connectivity index (χ0n) is 17.1. The molecular formula is C22H22N2O6S. The monoisotopic (exact) mass is 442 g/mol. The summed E-state index contributed by atoms with van der Waals surface area (Å²) in [4.78, 5) is 34.5. The molecule has 8 nitrogen and oxygen atoms in total. The van der Waals surface area contributed by atoms with Crippen LogP contribution in [-0.2, 0) is 9.59 Å². The van der Waals surface area contributed by atoms with Gasteiger partial charge in [0, 0.05) is 24.0 Å². The number of non-ortho nitro benzene ring substituents is 1. The van der Waals surface area contributed by atoms with Gasteiger partial charge in [0.05, 0.1) is 23.5 Å². The maximum Gasteiger partial charge on any atom is 0.321 e. The number of carbonyl (C=O) groups is 2. The molecular weight excluding hydrogens is 420 g/mol. The van der Waals surface area contributed by atoms with E-state index in [0.29, 0.717) is 28.3 Å². The summed E-state index contributed by atoms with van der Waals surface area (Å²) < 4.78 is 10.6. The van der Waals surface area contributed by atoms with Gasteiger partial charge in [0.15, 0.2) is 11.5 Å². The summed E-state index contributed by atoms with van der Waals surface area (Å²) in [5, 5.41) is 13.5. The number of nitrogens with one attached hydrogen (secondary N) is 1. The van der Waals surface area contributed by atoms with E-state index >= 15 is 0 Å². The summed E-state index contributed by atoms with van der Waals surface area (Å²) in [6.45, 7) is 5.33. The highest BCUT2D eigenvalue weighted by atomic mass is 32.2. The zero-order valence-corrected chi connectivity index (χ0v) is 17.9. The number of anilines is 1. The van der Waals surface area contributed by atoms with Crippen molar-refractivity contribution in [3.05, 3.63) is 76.4 Å². The molecule has 31 heavy (non-hydrogen) atoms. The number of aryl methyl sites for hydroxylation is 1. The Morgan fingerprint density at radius 3 is 2.68 bits per heavy atom. The summed E-state index contributed by atoms with van der Waals surface area (Å²) in [5.41, 5.74) is 1.59. The number of esters is 1. The van der Waals surface area contributed by atoms with Gasteiger partial charge < -0.3 is 14.8 Å². The number of amides is 1. The number of hydrogen-bond donors (Lipinski definition) is 1. The van der Waals surface area contributed by atoms with Crippen LogP contribution in [0.2, 0.25) is 0 Å². The fraction of sp³-hybridized carbons (Fsp3) is 0.182. The minimum Gasteiger partial charge on any atom is -0.493 e. The van der Waals surface area contributed by atoms with Gasteiger partial charge in [-0.2, -0.15) is 0 Å². The fourth-order valence-corrected chi connectivity index (χ4v) is 2.96. The Morgan fingerprint density at radius 2 is 2.00 bits per heavy atom. The Kier molecular flexibility index (Phi) is 8.83. The lowest BCUT2D eigenvalue weighted by molar-refractivity contribution is -0.384. The van der Waals surface area contributed by atoms with E-state index in [2.05, 4.69) is 11.9 Å². The molecule has 0 aliphatic carbocycles. The predicted molar refractivity (Wildman–Crippen MR) is 122 cm³/mol. The average Bonchev–Trinajstić information content (AvgIpc) is 2.74. The van der Waals surface area contributed by atoms with E-state index in [9.17, 15) is 19.7 Å². The molecule has 2 rings (SSSR count). The average molecular weight is 442 g/mol. The van der Waals surface area contributed by atoms with Gasteiger partial charge in [-0.3, -0.25) is 19.7 Å². The third-order valence-corrected chi connectivity index (χ3v) is 4.90. The van der Waals surface area contributed by atoms with Gasteiger partial charge in [0.1, 0.15) is 0 Å². The summed E-state index contributed by atoms with van der Waals surface area (Å²) in [5.74, 6) is 0.610. The molecule has 0 aromatic heterocycles. The van der Waals surface area contributed by atoms with E-state index in [-0.39, 0.29) is 17.2 Å². The first-order valence-corrected chi connectivity index (χ1v) is 10.3. The number of hydrogen-bond acceptors (Lipinski definition) is 7. The second-order valence-corrected chi connectivity index (χ2v) is 7.30. The second kappa shape index (κ2) is 11.6. The maximum atomic E-state index is 12.2. The predicted octanol–water partition coefficient (Wildman–Crippen LogP) is 4.39. The van der Waals surface area contributed by atoms with E-state index in [0.717, 1.165) is 0 Å². The van der Waals surface area contributed by atoms with Crippen LogP contribution in [0.4, 0.5) is 11.4 Å². The lowest BCUT2D eigenvalue weighted by Crippen LogP contribution is -2.11. The number of carbonyl (C=O) groups excluding carboxylic acids is 2. The summed E-state index contributed by atoms with van der Waals surface area (Å²) in [6, 6.07) is 9.13. The van der Waals surface area contributed by atoms with Crippen molar-refractivity contribution in [3.63, 3.8) is 0 Å². The molecule has 0 heterocycles. The molecule has 0 fully saturated rings. The van der Waals surface area contributed by atoms with Crippen LogP contribution < -0.4 is 14.8 Å². The molecule has 1 amide bonds. The minimum atomic E-state index is -0.524. The second-order valence-electron chi connectivity index (χ2n) is 6.27. The first-order valence-electron chi connectivity index (χ1n) is 9.15. The normalized spacial score (nSPS) is 10.5. The van der Waals surface area contributed by atoms with Crippen LogP contribution in [0, 0.1) is 17.0 Å². The molecule has 0 aliphatic heterocycles. The van der Waals surface area contributed by atoms with E-state index < -0.39 is 16.8 Å². The van der Waals surface area contributed by atoms with Crippen LogP contribution in [0.15, 0.2) is 55.1 Å². The van der Waals surface area contributed by atoms with Gasteiger partial charge in [0.2, 0.25) is 5.91 Å². The fourth-order valence-electron chi connectivity index (χ4n) is 2.45. The molecule has 2 aromatic rings. The van der Waals surface area contributed by atoms with Gasteiger partial charge in [-0.1, -0.05) is 18.2 Å². The highest BCUT2D eigenvalue weighted by molar-refractivity contribution is 8.00. The van der Waals surface area contributed by atoms with Gasteiger partial charge in [-0.15, -0.1) is 18.3 Å². The number of ether oxygens (including phenoxy) is 2. The minimum absolute atomic E-state index is 0.109. The summed E-state index contributed by atoms with van der Waals surface area (Å²) in [7, 11) is 1.45. The molecule has 0 saturated heterocycles. The lowest BCUT2D eigenvalue weighted by Gasteiger charge is -2.10. The van der Waals surface area contributed by atoms with Crippen LogP contribution in [0.1, 0.15) is 11.1 Å². The molecule has 0 unspecified atom stereocenters. The third-order valence-electron chi connectivity index (χ3n) is 3.98. The standard InChI is InChI=1S/C22H22N2O6S/c1-4-11-31-14-22(26)30-19-9-6-16(12-20(19)29-3)7-10-21(25)23-18-13-17(24(27)28)8-5-15(18)2/h4-10,12-13H,1,11,14H2,2-3H3,(H,23,25)/b10-7+. The highest BCUT2D eigenvalue weighted by Crippen LogP contribution is 2.29. The quantitative estimate of drug-likeness (QED) is 0.111. The first-order chi connectivity index (χ1) is 14.8. The smallest absolute Gasteiger partial charge is 0.321 e. The number of thioether (sulfide) groups is 1. The molecule has 0 atom stereocenters. The Hall–Kier alpha value is -3.59. The van der Waals surface area contributed by atoms with E-state index in [1.54, 1.807) is 43.3 Å². The van der Waals surface area contributed by atoms with Gasteiger partial charge >= 0.3 is 5.97 Å². The van der Waals surface area contributed by atoms with Gasteiger partial charge in [-0.05, 0) is 36.3 Å². The summed E-state index contributed by atoms with van der Waals surface area (Å²) in [6.07, 6.45) is 4.55. The third kappa shape index (κ3) is 7.31. The van der Waals surface area contributed by atoms with Crippen LogP contribution in [0.5, 0.6) is 11.5 Å². The molecule has 0 spiro atoms. The van der Waals surface area contributed by atoms with Crippen LogP contribution in [0.25, 0.3) is 6.08 Å². The van der Waals surface area contributed by atoms with Crippen molar-refractivity contribution in [3.8, 4) is 11.5 Å². The Morgan fingerprint density at radius 1 is 1.23 bits per heavy atom. The molecule has 0 radical (unpaired) electrons. The lowest BCUT2D eigenvalue weighted by atomic mass is 10.1. The van der Waals surface area contributed by atoms with Crippen molar-refractivity contribution in [2.45, 2.75) is 6.92 Å². The van der Waals surface area contributed by atoms with Gasteiger partial charge in [-0.25, -0.2) is 0 Å². The van der Waals surface area contributed by atoms with Crippen molar-refractivity contribution >= 4 is 41.1 Å². The summed E-state index contributed by atoms with van der Waals surface area (Å²) >= 11 is 1.39. The molecule has 0 aliphatic rings. The zero-order chi connectivity index (χ0) is 22.8. The molecule has 1 N–H and O–H groups in total. The number of nitro groups is 1. The molecule has 162 valence electrons. The van der Waals surface area contributed by atoms with Crippen molar-refractivity contribution in [1.82, 2.24) is 0 Å². The molecule has 0 bridgehead atoms. The number of nitrogens with zero attached hydrogens (tertiary/aromatic N) is 1. The van der Waals surface area contributed by atoms with Gasteiger partial charge in [0.25, 0.3) is 5.69 Å². The number of benzene rings is 2. The van der Waals surface area contributed by atoms with Crippen LogP contribution in [0.3, 0.4) is 0 Å². The van der Waals surface area contributed by atoms with E-state index in [1.807, 2.05) is 0 Å². The van der Waals surface area contributed by atoms with E-state index in [1.165, 1.54) is 37.1 Å². The van der Waals surface area contributed by atoms with Crippen LogP contribution in [-0.4, -0.2) is 35.4 Å². The highest BCUT2D eigenvalue weighted by Gasteiger charge is 2.12. The van der Waals surface area contributed by atoms with Crippen molar-refractivity contribution < 1.29 is 24.0 Å².